The van der Waals surface area contributed by atoms with Gasteiger partial charge in [0.25, 0.3) is 0 Å². The second-order valence-electron chi connectivity index (χ2n) is 8.14. The predicted octanol–water partition coefficient (Wildman–Crippen LogP) is 4.84. The number of carbonyl (C=O) groups excluding carboxylic acids is 2. The number of para-hydroxylation sites is 1. The molecule has 0 bridgehead atoms. The Morgan fingerprint density at radius 2 is 1.52 bits per heavy atom. The number of anilines is 3. The van der Waals surface area contributed by atoms with Gasteiger partial charge in [0.15, 0.2) is 0 Å². The average Bonchev–Trinajstić information content (AvgIpc) is 2.75. The van der Waals surface area contributed by atoms with Crippen LogP contribution in [-0.4, -0.2) is 24.9 Å². The molecule has 154 valence electrons. The summed E-state index contributed by atoms with van der Waals surface area (Å²) in [6, 6.07) is 15.5. The van der Waals surface area contributed by atoms with E-state index in [1.54, 1.807) is 13.8 Å². The van der Waals surface area contributed by atoms with Crippen LogP contribution in [0.15, 0.2) is 48.5 Å². The molecule has 2 amide bonds. The molecule has 0 aromatic heterocycles. The molecule has 5 heteroatoms. The van der Waals surface area contributed by atoms with Gasteiger partial charge in [-0.2, -0.15) is 0 Å². The first-order valence-electron chi connectivity index (χ1n) is 10.5. The second-order valence-corrected chi connectivity index (χ2v) is 8.14. The quantitative estimate of drug-likeness (QED) is 0.690. The maximum absolute atomic E-state index is 12.8. The molecule has 1 aliphatic heterocycles. The van der Waals surface area contributed by atoms with E-state index in [2.05, 4.69) is 15.5 Å². The molecule has 1 heterocycles. The van der Waals surface area contributed by atoms with Crippen LogP contribution in [-0.2, 0) is 16.0 Å². The van der Waals surface area contributed by atoms with Crippen molar-refractivity contribution in [2.45, 2.75) is 46.5 Å². The van der Waals surface area contributed by atoms with Gasteiger partial charge in [0.1, 0.15) is 5.41 Å². The zero-order chi connectivity index (χ0) is 20.9. The van der Waals surface area contributed by atoms with Crippen LogP contribution in [0.5, 0.6) is 0 Å². The summed E-state index contributed by atoms with van der Waals surface area (Å²) in [5.74, 6) is -0.643. The minimum absolute atomic E-state index is 0.319. The Morgan fingerprint density at radius 3 is 2.17 bits per heavy atom. The van der Waals surface area contributed by atoms with Gasteiger partial charge in [-0.15, -0.1) is 0 Å². The standard InChI is InChI=1S/C24H31N3O2/c1-4-18-10-6-7-11-21(18)26-23(29)24(2,3)22(28)25-19-12-14-20(15-13-19)27-16-8-5-9-17-27/h6-7,10-15H,4-5,8-9,16-17H2,1-3H3,(H,25,28)(H,26,29). The summed E-state index contributed by atoms with van der Waals surface area (Å²) in [6.07, 6.45) is 4.56. The first kappa shape index (κ1) is 20.9. The molecule has 1 saturated heterocycles. The van der Waals surface area contributed by atoms with Crippen LogP contribution in [0.1, 0.15) is 45.6 Å². The molecule has 0 atom stereocenters. The molecule has 5 nitrogen and oxygen atoms in total. The fourth-order valence-electron chi connectivity index (χ4n) is 3.53. The maximum atomic E-state index is 12.8. The molecule has 1 aliphatic rings. The van der Waals surface area contributed by atoms with Crippen molar-refractivity contribution in [2.75, 3.05) is 28.6 Å². The van der Waals surface area contributed by atoms with Gasteiger partial charge in [-0.3, -0.25) is 9.59 Å². The third-order valence-electron chi connectivity index (χ3n) is 5.63. The zero-order valence-corrected chi connectivity index (χ0v) is 17.6. The number of carbonyl (C=O) groups is 2. The maximum Gasteiger partial charge on any atom is 0.239 e. The Morgan fingerprint density at radius 1 is 0.897 bits per heavy atom. The molecule has 0 aliphatic carbocycles. The van der Waals surface area contributed by atoms with E-state index in [9.17, 15) is 9.59 Å². The van der Waals surface area contributed by atoms with Crippen molar-refractivity contribution < 1.29 is 9.59 Å². The van der Waals surface area contributed by atoms with E-state index in [-0.39, 0.29) is 11.8 Å². The summed E-state index contributed by atoms with van der Waals surface area (Å²) in [5.41, 5.74) is 2.48. The Hall–Kier alpha value is -2.82. The number of hydrogen-bond acceptors (Lipinski definition) is 3. The average molecular weight is 394 g/mol. The summed E-state index contributed by atoms with van der Waals surface area (Å²) in [6.45, 7) is 7.50. The van der Waals surface area contributed by atoms with Crippen molar-refractivity contribution in [1.82, 2.24) is 0 Å². The van der Waals surface area contributed by atoms with Crippen molar-refractivity contribution in [3.63, 3.8) is 0 Å². The lowest BCUT2D eigenvalue weighted by atomic mass is 9.90. The predicted molar refractivity (Wildman–Crippen MR) is 119 cm³/mol. The number of hydrogen-bond donors (Lipinski definition) is 2. The number of piperidine rings is 1. The molecule has 0 saturated carbocycles. The van der Waals surface area contributed by atoms with E-state index in [4.69, 9.17) is 0 Å². The van der Waals surface area contributed by atoms with Gasteiger partial charge >= 0.3 is 0 Å². The molecule has 0 unspecified atom stereocenters. The highest BCUT2D eigenvalue weighted by atomic mass is 16.2. The monoisotopic (exact) mass is 393 g/mol. The van der Waals surface area contributed by atoms with Crippen LogP contribution in [0.25, 0.3) is 0 Å². The van der Waals surface area contributed by atoms with Crippen molar-refractivity contribution in [1.29, 1.82) is 0 Å². The second kappa shape index (κ2) is 9.12. The van der Waals surface area contributed by atoms with Gasteiger partial charge < -0.3 is 15.5 Å². The molecule has 2 aromatic carbocycles. The highest BCUT2D eigenvalue weighted by Crippen LogP contribution is 2.25. The zero-order valence-electron chi connectivity index (χ0n) is 17.6. The van der Waals surface area contributed by atoms with Crippen molar-refractivity contribution in [2.24, 2.45) is 5.41 Å². The first-order valence-corrected chi connectivity index (χ1v) is 10.5. The fraction of sp³-hybridized carbons (Fsp3) is 0.417. The van der Waals surface area contributed by atoms with Gasteiger partial charge in [0, 0.05) is 30.2 Å². The number of amides is 2. The summed E-state index contributed by atoms with van der Waals surface area (Å²) in [5, 5.41) is 5.80. The van der Waals surface area contributed by atoms with Crippen LogP contribution in [0.2, 0.25) is 0 Å². The summed E-state index contributed by atoms with van der Waals surface area (Å²) < 4.78 is 0. The number of aryl methyl sites for hydroxylation is 1. The molecule has 29 heavy (non-hydrogen) atoms. The van der Waals surface area contributed by atoms with Gasteiger partial charge in [-0.1, -0.05) is 25.1 Å². The Labute approximate surface area is 173 Å². The molecule has 0 spiro atoms. The number of nitrogens with zero attached hydrogens (tertiary/aromatic N) is 1. The number of rotatable bonds is 6. The smallest absolute Gasteiger partial charge is 0.239 e. The largest absolute Gasteiger partial charge is 0.372 e. The van der Waals surface area contributed by atoms with Gasteiger partial charge in [-0.25, -0.2) is 0 Å². The molecule has 2 N–H and O–H groups in total. The van der Waals surface area contributed by atoms with E-state index in [1.165, 1.54) is 24.9 Å². The molecular formula is C24H31N3O2. The van der Waals surface area contributed by atoms with Crippen LogP contribution in [0, 0.1) is 5.41 Å². The molecule has 3 rings (SSSR count). The van der Waals surface area contributed by atoms with Crippen LogP contribution in [0.3, 0.4) is 0 Å². The van der Waals surface area contributed by atoms with Crippen LogP contribution in [0.4, 0.5) is 17.1 Å². The lowest BCUT2D eigenvalue weighted by molar-refractivity contribution is -0.135. The van der Waals surface area contributed by atoms with E-state index in [1.807, 2.05) is 55.5 Å². The highest BCUT2D eigenvalue weighted by molar-refractivity contribution is 6.14. The SMILES string of the molecule is CCc1ccccc1NC(=O)C(C)(C)C(=O)Nc1ccc(N2CCCCC2)cc1. The minimum Gasteiger partial charge on any atom is -0.372 e. The molecule has 2 aromatic rings. The summed E-state index contributed by atoms with van der Waals surface area (Å²) in [4.78, 5) is 28.0. The topological polar surface area (TPSA) is 61.4 Å². The van der Waals surface area contributed by atoms with E-state index in [0.29, 0.717) is 5.69 Å². The van der Waals surface area contributed by atoms with Gasteiger partial charge in [0.05, 0.1) is 0 Å². The molecular weight excluding hydrogens is 362 g/mol. The number of benzene rings is 2. The van der Waals surface area contributed by atoms with E-state index in [0.717, 1.165) is 30.8 Å². The third-order valence-corrected chi connectivity index (χ3v) is 5.63. The molecule has 1 fully saturated rings. The van der Waals surface area contributed by atoms with Crippen molar-refractivity contribution >= 4 is 28.9 Å². The minimum atomic E-state index is -1.20. The van der Waals surface area contributed by atoms with Crippen LogP contribution < -0.4 is 15.5 Å². The Kier molecular flexibility index (Phi) is 6.57. The summed E-state index contributed by atoms with van der Waals surface area (Å²) >= 11 is 0. The van der Waals surface area contributed by atoms with Crippen molar-refractivity contribution in [3.8, 4) is 0 Å². The highest BCUT2D eigenvalue weighted by Gasteiger charge is 2.36. The van der Waals surface area contributed by atoms with Gasteiger partial charge in [-0.05, 0) is 75.4 Å². The summed E-state index contributed by atoms with van der Waals surface area (Å²) in [7, 11) is 0. The van der Waals surface area contributed by atoms with E-state index >= 15 is 0 Å². The molecule has 0 radical (unpaired) electrons. The lowest BCUT2D eigenvalue weighted by Crippen LogP contribution is -2.41. The number of nitrogens with one attached hydrogen (secondary N) is 2. The normalized spacial score (nSPS) is 14.4. The van der Waals surface area contributed by atoms with Crippen molar-refractivity contribution in [3.05, 3.63) is 54.1 Å². The Balaban J connectivity index is 1.64. The van der Waals surface area contributed by atoms with Crippen LogP contribution >= 0.6 is 0 Å². The Bertz CT molecular complexity index is 853. The lowest BCUT2D eigenvalue weighted by Gasteiger charge is -2.29. The third kappa shape index (κ3) is 4.97. The first-order chi connectivity index (χ1) is 13.9. The van der Waals surface area contributed by atoms with E-state index < -0.39 is 5.41 Å². The van der Waals surface area contributed by atoms with Gasteiger partial charge in [0.2, 0.25) is 11.8 Å². The fourth-order valence-corrected chi connectivity index (χ4v) is 3.53.